The summed E-state index contributed by atoms with van der Waals surface area (Å²) in [5, 5.41) is 13.5. The molecule has 5 rings (SSSR count). The fraction of sp³-hybridized carbons (Fsp3) is 0.0909. The molecule has 4 aromatic rings. The van der Waals surface area contributed by atoms with Crippen molar-refractivity contribution in [2.24, 2.45) is 4.76 Å². The highest BCUT2D eigenvalue weighted by atomic mass is 32.2. The van der Waals surface area contributed by atoms with Gasteiger partial charge in [-0.2, -0.15) is 4.76 Å². The first kappa shape index (κ1) is 23.8. The predicted octanol–water partition coefficient (Wildman–Crippen LogP) is 2.54. The molecule has 0 bridgehead atoms. The number of sulfonamides is 1. The second-order valence-electron chi connectivity index (χ2n) is 8.13. The summed E-state index contributed by atoms with van der Waals surface area (Å²) < 4.78 is 62.6. The molecule has 11 nitrogen and oxygen atoms in total. The van der Waals surface area contributed by atoms with Crippen molar-refractivity contribution in [1.29, 1.82) is 0 Å². The van der Waals surface area contributed by atoms with Crippen molar-refractivity contribution in [2.45, 2.75) is 6.54 Å². The van der Waals surface area contributed by atoms with E-state index >= 15 is 0 Å². The third-order valence-corrected chi connectivity index (χ3v) is 7.54. The number of rotatable bonds is 5. The fourth-order valence-corrected chi connectivity index (χ4v) is 5.80. The molecule has 0 radical (unpaired) electrons. The first-order valence-electron chi connectivity index (χ1n) is 10.3. The van der Waals surface area contributed by atoms with Gasteiger partial charge in [0.1, 0.15) is 17.1 Å². The number of halogens is 1. The van der Waals surface area contributed by atoms with Crippen LogP contribution in [0, 0.1) is 5.82 Å². The second kappa shape index (κ2) is 8.33. The van der Waals surface area contributed by atoms with Crippen LogP contribution in [0.25, 0.3) is 10.9 Å². The Kier molecular flexibility index (Phi) is 5.51. The molecule has 186 valence electrons. The number of nitrogens with one attached hydrogen (secondary N) is 2. The Balaban J connectivity index is 1.70. The molecule has 14 heteroatoms. The minimum atomic E-state index is -4.53. The van der Waals surface area contributed by atoms with E-state index in [9.17, 15) is 32.2 Å². The Morgan fingerprint density at radius 3 is 2.69 bits per heavy atom. The Morgan fingerprint density at radius 2 is 2.00 bits per heavy atom. The maximum Gasteiger partial charge on any atom is 0.346 e. The number of amidine groups is 1. The summed E-state index contributed by atoms with van der Waals surface area (Å²) in [5.74, 6) is -1.69. The van der Waals surface area contributed by atoms with Crippen molar-refractivity contribution in [3.63, 3.8) is 0 Å². The Bertz CT molecular complexity index is 1780. The van der Waals surface area contributed by atoms with Gasteiger partial charge in [0, 0.05) is 16.6 Å². The van der Waals surface area contributed by atoms with Gasteiger partial charge in [-0.3, -0.25) is 14.1 Å². The van der Waals surface area contributed by atoms with Gasteiger partial charge in [0.2, 0.25) is 10.0 Å². The van der Waals surface area contributed by atoms with E-state index in [1.54, 1.807) is 6.07 Å². The summed E-state index contributed by atoms with van der Waals surface area (Å²) in [5.41, 5.74) is -0.235. The fourth-order valence-electron chi connectivity index (χ4n) is 3.96. The van der Waals surface area contributed by atoms with Crippen LogP contribution >= 0.6 is 7.52 Å². The molecule has 1 aliphatic rings. The van der Waals surface area contributed by atoms with Crippen molar-refractivity contribution < 1.29 is 31.8 Å². The van der Waals surface area contributed by atoms with Crippen molar-refractivity contribution in [1.82, 2.24) is 4.57 Å². The van der Waals surface area contributed by atoms with Crippen LogP contribution in [0.5, 0.6) is 5.75 Å². The van der Waals surface area contributed by atoms with Crippen molar-refractivity contribution in [2.75, 3.05) is 16.3 Å². The van der Waals surface area contributed by atoms with Crippen LogP contribution in [0.3, 0.4) is 0 Å². The van der Waals surface area contributed by atoms with Crippen LogP contribution in [0.2, 0.25) is 0 Å². The largest absolute Gasteiger partial charge is 0.506 e. The minimum absolute atomic E-state index is 0.00587. The smallest absolute Gasteiger partial charge is 0.346 e. The van der Waals surface area contributed by atoms with Gasteiger partial charge < -0.3 is 24.3 Å². The first-order valence-corrected chi connectivity index (χ1v) is 13.8. The average molecular weight is 532 g/mol. The number of aromatic nitrogens is 1. The Labute approximate surface area is 203 Å². The number of hydrogen-bond donors (Lipinski definition) is 4. The van der Waals surface area contributed by atoms with E-state index in [4.69, 9.17) is 4.42 Å². The zero-order chi connectivity index (χ0) is 25.8. The summed E-state index contributed by atoms with van der Waals surface area (Å²) in [6.45, 7) is 0.00587. The lowest BCUT2D eigenvalue weighted by Crippen LogP contribution is -2.33. The predicted molar refractivity (Wildman–Crippen MR) is 132 cm³/mol. The van der Waals surface area contributed by atoms with Gasteiger partial charge >= 0.3 is 7.52 Å². The summed E-state index contributed by atoms with van der Waals surface area (Å²) in [6.07, 6.45) is 3.77. The zero-order valence-corrected chi connectivity index (χ0v) is 20.2. The number of furan rings is 1. The molecular formula is C22H18FN4O7PS. The van der Waals surface area contributed by atoms with E-state index < -0.39 is 46.1 Å². The lowest BCUT2D eigenvalue weighted by molar-refractivity contribution is 0.477. The molecule has 0 amide bonds. The number of anilines is 2. The number of benzene rings is 2. The Hall–Kier alpha value is -3.93. The van der Waals surface area contributed by atoms with Gasteiger partial charge in [-0.25, -0.2) is 12.8 Å². The highest BCUT2D eigenvalue weighted by Crippen LogP contribution is 2.47. The van der Waals surface area contributed by atoms with Crippen LogP contribution in [0.15, 0.2) is 69.0 Å². The number of fused-ring (bicyclic) bond motifs is 2. The third kappa shape index (κ3) is 4.28. The van der Waals surface area contributed by atoms with Crippen molar-refractivity contribution in [3.05, 3.63) is 82.3 Å². The van der Waals surface area contributed by atoms with E-state index in [0.717, 1.165) is 24.5 Å². The molecule has 0 aliphatic carbocycles. The number of hydrogen-bond acceptors (Lipinski definition) is 7. The maximum atomic E-state index is 14.1. The molecule has 1 aliphatic heterocycles. The molecule has 36 heavy (non-hydrogen) atoms. The number of pyridine rings is 1. The van der Waals surface area contributed by atoms with Crippen molar-refractivity contribution in [3.8, 4) is 5.75 Å². The van der Waals surface area contributed by atoms with Gasteiger partial charge in [0.25, 0.3) is 5.56 Å². The molecule has 1 atom stereocenters. The lowest BCUT2D eigenvalue weighted by atomic mass is 10.1. The SMILES string of the molecule is CS(=O)(=O)Nc1ccc2c(c1)P(=O)(O)N=C(c1c(O)c3cc(F)ccc3n(Cc3ccoc3)c1=O)N2. The van der Waals surface area contributed by atoms with E-state index in [1.165, 1.54) is 35.3 Å². The molecule has 0 saturated heterocycles. The normalized spacial score (nSPS) is 17.4. The van der Waals surface area contributed by atoms with Crippen LogP contribution in [0.1, 0.15) is 11.1 Å². The van der Waals surface area contributed by atoms with Crippen LogP contribution in [-0.4, -0.2) is 35.1 Å². The minimum Gasteiger partial charge on any atom is -0.506 e. The van der Waals surface area contributed by atoms with Crippen molar-refractivity contribution >= 4 is 51.0 Å². The van der Waals surface area contributed by atoms with E-state index in [-0.39, 0.29) is 34.1 Å². The van der Waals surface area contributed by atoms with E-state index in [0.29, 0.717) is 5.56 Å². The standard InChI is InChI=1S/C22H18FN4O7PS/c1-36(32,33)26-14-3-4-16-18(9-14)35(30,31)25-21(24-16)19-20(28)15-8-13(23)2-5-17(15)27(22(19)29)10-12-6-7-34-11-12/h2-9,11,26,28H,10H2,1H3,(H2,24,25,30,31). The molecule has 1 unspecified atom stereocenters. The average Bonchev–Trinajstić information content (AvgIpc) is 3.29. The second-order valence-corrected chi connectivity index (χ2v) is 11.7. The number of nitrogens with zero attached hydrogens (tertiary/aromatic N) is 2. The van der Waals surface area contributed by atoms with E-state index in [2.05, 4.69) is 14.8 Å². The first-order chi connectivity index (χ1) is 16.9. The third-order valence-electron chi connectivity index (χ3n) is 5.46. The van der Waals surface area contributed by atoms with Crippen LogP contribution < -0.4 is 20.9 Å². The van der Waals surface area contributed by atoms with Crippen LogP contribution in [0.4, 0.5) is 15.8 Å². The highest BCUT2D eigenvalue weighted by molar-refractivity contribution is 7.92. The summed E-state index contributed by atoms with van der Waals surface area (Å²) >= 11 is 0. The monoisotopic (exact) mass is 532 g/mol. The summed E-state index contributed by atoms with van der Waals surface area (Å²) in [7, 11) is -8.18. The molecule has 2 aromatic heterocycles. The van der Waals surface area contributed by atoms with Gasteiger partial charge in [-0.05, 0) is 42.5 Å². The zero-order valence-electron chi connectivity index (χ0n) is 18.5. The van der Waals surface area contributed by atoms with Gasteiger partial charge in [0.05, 0.1) is 41.8 Å². The molecule has 4 N–H and O–H groups in total. The molecular weight excluding hydrogens is 514 g/mol. The molecule has 0 fully saturated rings. The van der Waals surface area contributed by atoms with E-state index in [1.807, 2.05) is 0 Å². The van der Waals surface area contributed by atoms with Gasteiger partial charge in [-0.15, -0.1) is 0 Å². The van der Waals surface area contributed by atoms with Gasteiger partial charge in [0.15, 0.2) is 5.84 Å². The topological polar surface area (TPSA) is 163 Å². The summed E-state index contributed by atoms with van der Waals surface area (Å²) in [4.78, 5) is 24.2. The summed E-state index contributed by atoms with van der Waals surface area (Å²) in [6, 6.07) is 8.99. The van der Waals surface area contributed by atoms with Gasteiger partial charge in [-0.1, -0.05) is 0 Å². The lowest BCUT2D eigenvalue weighted by Gasteiger charge is -2.23. The maximum absolute atomic E-state index is 14.1. The molecule has 2 aromatic carbocycles. The Morgan fingerprint density at radius 1 is 1.22 bits per heavy atom. The molecule has 0 spiro atoms. The van der Waals surface area contributed by atoms with Crippen LogP contribution in [-0.2, 0) is 21.1 Å². The highest BCUT2D eigenvalue weighted by Gasteiger charge is 2.34. The number of aromatic hydroxyl groups is 1. The quantitative estimate of drug-likeness (QED) is 0.285. The molecule has 3 heterocycles. The molecule has 0 saturated carbocycles.